The van der Waals surface area contributed by atoms with Crippen LogP contribution in [0.25, 0.3) is 0 Å². The summed E-state index contributed by atoms with van der Waals surface area (Å²) in [5.74, 6) is 1.65. The van der Waals surface area contributed by atoms with Crippen LogP contribution in [0.2, 0.25) is 5.02 Å². The molecule has 2 heterocycles. The van der Waals surface area contributed by atoms with Crippen molar-refractivity contribution in [3.05, 3.63) is 46.7 Å². The van der Waals surface area contributed by atoms with Crippen molar-refractivity contribution < 1.29 is 28.4 Å². The number of likely N-dealkylation sites (tertiary alicyclic amines) is 1. The Kier molecular flexibility index (Phi) is 5.48. The highest BCUT2D eigenvalue weighted by Crippen LogP contribution is 2.37. The number of piperidine rings is 1. The van der Waals surface area contributed by atoms with E-state index in [9.17, 15) is 9.50 Å². The molecule has 1 saturated heterocycles. The van der Waals surface area contributed by atoms with E-state index in [-0.39, 0.29) is 6.79 Å². The fourth-order valence-corrected chi connectivity index (χ4v) is 3.69. The van der Waals surface area contributed by atoms with E-state index >= 15 is 0 Å². The molecular formula is C20H21ClFNO5. The highest BCUT2D eigenvalue weighted by atomic mass is 35.5. The molecule has 0 unspecified atom stereocenters. The summed E-state index contributed by atoms with van der Waals surface area (Å²) in [6.45, 7) is 1.93. The Morgan fingerprint density at radius 1 is 1.21 bits per heavy atom. The van der Waals surface area contributed by atoms with Gasteiger partial charge in [0.15, 0.2) is 23.0 Å². The molecular weight excluding hydrogens is 389 g/mol. The number of fused-ring (bicyclic) bond motifs is 1. The highest BCUT2D eigenvalue weighted by molar-refractivity contribution is 6.31. The summed E-state index contributed by atoms with van der Waals surface area (Å²) >= 11 is 6.35. The average molecular weight is 410 g/mol. The number of hydrogen-bond donors (Lipinski definition) is 1. The summed E-state index contributed by atoms with van der Waals surface area (Å²) < 4.78 is 35.1. The number of aliphatic hydroxyl groups excluding tert-OH is 1. The standard InChI is InChI=1S/C20H21ClFNO5/c1-25-18-7-13(22)2-3-17(18)28-16-4-5-23(10-15(16)24)9-12-6-19-20(8-14(12)21)27-11-26-19/h2-3,6-8,15-16,24H,4-5,9-11H2,1H3/t15-,16-/m1/s1. The van der Waals surface area contributed by atoms with Gasteiger partial charge in [-0.15, -0.1) is 0 Å². The Morgan fingerprint density at radius 2 is 2.00 bits per heavy atom. The topological polar surface area (TPSA) is 60.4 Å². The number of β-amino-alcohol motifs (C(OH)–C–C–N with tert-alkyl or cyclic N) is 1. The van der Waals surface area contributed by atoms with E-state index in [0.717, 1.165) is 12.1 Å². The Labute approximate surface area is 167 Å². The van der Waals surface area contributed by atoms with E-state index in [1.807, 2.05) is 6.07 Å². The van der Waals surface area contributed by atoms with Crippen LogP contribution in [0.5, 0.6) is 23.0 Å². The molecule has 0 saturated carbocycles. The van der Waals surface area contributed by atoms with Crippen molar-refractivity contribution in [1.82, 2.24) is 4.90 Å². The third-order valence-electron chi connectivity index (χ3n) is 4.94. The van der Waals surface area contributed by atoms with Crippen LogP contribution in [0, 0.1) is 5.82 Å². The molecule has 28 heavy (non-hydrogen) atoms. The van der Waals surface area contributed by atoms with Crippen molar-refractivity contribution in [2.24, 2.45) is 0 Å². The lowest BCUT2D eigenvalue weighted by Crippen LogP contribution is -2.48. The van der Waals surface area contributed by atoms with Gasteiger partial charge in [0.1, 0.15) is 18.0 Å². The van der Waals surface area contributed by atoms with Crippen LogP contribution >= 0.6 is 11.6 Å². The van der Waals surface area contributed by atoms with Crippen molar-refractivity contribution in [2.75, 3.05) is 27.0 Å². The van der Waals surface area contributed by atoms with Crippen molar-refractivity contribution >= 4 is 11.6 Å². The average Bonchev–Trinajstić information content (AvgIpc) is 3.12. The van der Waals surface area contributed by atoms with Crippen LogP contribution in [0.3, 0.4) is 0 Å². The maximum atomic E-state index is 13.3. The van der Waals surface area contributed by atoms with E-state index in [1.54, 1.807) is 6.07 Å². The summed E-state index contributed by atoms with van der Waals surface area (Å²) in [5.41, 5.74) is 0.915. The SMILES string of the molecule is COc1cc(F)ccc1O[C@@H]1CCN(Cc2cc3c(cc2Cl)OCO3)C[C@H]1O. The minimum absolute atomic E-state index is 0.198. The number of halogens is 2. The van der Waals surface area contributed by atoms with Gasteiger partial charge in [-0.05, 0) is 30.2 Å². The number of aliphatic hydroxyl groups is 1. The summed E-state index contributed by atoms with van der Waals surface area (Å²) in [4.78, 5) is 2.11. The van der Waals surface area contributed by atoms with Gasteiger partial charge in [-0.1, -0.05) is 11.6 Å². The number of methoxy groups -OCH3 is 1. The summed E-state index contributed by atoms with van der Waals surface area (Å²) in [7, 11) is 1.45. The second-order valence-corrected chi connectivity index (χ2v) is 7.25. The van der Waals surface area contributed by atoms with Gasteiger partial charge in [0.2, 0.25) is 6.79 Å². The van der Waals surface area contributed by atoms with Gasteiger partial charge in [0.25, 0.3) is 0 Å². The Hall–Kier alpha value is -2.22. The van der Waals surface area contributed by atoms with Crippen molar-refractivity contribution in [2.45, 2.75) is 25.2 Å². The number of nitrogens with zero attached hydrogens (tertiary/aromatic N) is 1. The van der Waals surface area contributed by atoms with E-state index in [0.29, 0.717) is 47.5 Å². The van der Waals surface area contributed by atoms with Gasteiger partial charge in [0.05, 0.1) is 7.11 Å². The predicted octanol–water partition coefficient (Wildman–Crippen LogP) is 3.23. The fraction of sp³-hybridized carbons (Fsp3) is 0.400. The molecule has 2 aliphatic rings. The summed E-state index contributed by atoms with van der Waals surface area (Å²) in [6, 6.07) is 7.72. The highest BCUT2D eigenvalue weighted by Gasteiger charge is 2.30. The first kappa shape index (κ1) is 19.1. The normalized spacial score (nSPS) is 21.6. The first-order valence-electron chi connectivity index (χ1n) is 9.02. The lowest BCUT2D eigenvalue weighted by atomic mass is 10.0. The van der Waals surface area contributed by atoms with Crippen LogP contribution in [0.1, 0.15) is 12.0 Å². The Bertz CT molecular complexity index is 865. The minimum atomic E-state index is -0.698. The molecule has 0 bridgehead atoms. The molecule has 2 aromatic rings. The largest absolute Gasteiger partial charge is 0.493 e. The van der Waals surface area contributed by atoms with E-state index in [1.165, 1.54) is 25.3 Å². The molecule has 150 valence electrons. The number of ether oxygens (including phenoxy) is 4. The predicted molar refractivity (Wildman–Crippen MR) is 101 cm³/mol. The van der Waals surface area contributed by atoms with Gasteiger partial charge in [-0.2, -0.15) is 0 Å². The molecule has 1 N–H and O–H groups in total. The monoisotopic (exact) mass is 409 g/mol. The molecule has 2 atom stereocenters. The van der Waals surface area contributed by atoms with Crippen LogP contribution in [-0.2, 0) is 6.54 Å². The molecule has 6 nitrogen and oxygen atoms in total. The molecule has 0 spiro atoms. The lowest BCUT2D eigenvalue weighted by Gasteiger charge is -2.36. The number of benzene rings is 2. The molecule has 8 heteroatoms. The summed E-state index contributed by atoms with van der Waals surface area (Å²) in [5, 5.41) is 11.2. The van der Waals surface area contributed by atoms with Crippen LogP contribution in [-0.4, -0.2) is 49.2 Å². The minimum Gasteiger partial charge on any atom is -0.493 e. The first-order chi connectivity index (χ1) is 13.5. The zero-order valence-corrected chi connectivity index (χ0v) is 16.1. The second-order valence-electron chi connectivity index (χ2n) is 6.84. The summed E-state index contributed by atoms with van der Waals surface area (Å²) in [6.07, 6.45) is -0.483. The third kappa shape index (κ3) is 3.97. The van der Waals surface area contributed by atoms with Gasteiger partial charge in [0, 0.05) is 36.8 Å². The van der Waals surface area contributed by atoms with E-state index < -0.39 is 18.0 Å². The van der Waals surface area contributed by atoms with E-state index in [2.05, 4.69) is 4.90 Å². The van der Waals surface area contributed by atoms with Crippen molar-refractivity contribution in [3.8, 4) is 23.0 Å². The Balaban J connectivity index is 1.39. The maximum Gasteiger partial charge on any atom is 0.231 e. The molecule has 4 rings (SSSR count). The zero-order chi connectivity index (χ0) is 19.7. The van der Waals surface area contributed by atoms with E-state index in [4.69, 9.17) is 30.5 Å². The number of rotatable bonds is 5. The van der Waals surface area contributed by atoms with Gasteiger partial charge >= 0.3 is 0 Å². The maximum absolute atomic E-state index is 13.3. The second kappa shape index (κ2) is 8.03. The van der Waals surface area contributed by atoms with Crippen LogP contribution in [0.15, 0.2) is 30.3 Å². The van der Waals surface area contributed by atoms with Crippen LogP contribution < -0.4 is 18.9 Å². The molecule has 2 aliphatic heterocycles. The van der Waals surface area contributed by atoms with Gasteiger partial charge in [-0.3, -0.25) is 4.90 Å². The molecule has 0 aliphatic carbocycles. The van der Waals surface area contributed by atoms with Gasteiger partial charge < -0.3 is 24.1 Å². The van der Waals surface area contributed by atoms with Crippen molar-refractivity contribution in [1.29, 1.82) is 0 Å². The smallest absolute Gasteiger partial charge is 0.231 e. The zero-order valence-electron chi connectivity index (χ0n) is 15.4. The van der Waals surface area contributed by atoms with Gasteiger partial charge in [-0.25, -0.2) is 4.39 Å². The lowest BCUT2D eigenvalue weighted by molar-refractivity contribution is -0.0283. The third-order valence-corrected chi connectivity index (χ3v) is 5.30. The molecule has 0 aromatic heterocycles. The van der Waals surface area contributed by atoms with Crippen LogP contribution in [0.4, 0.5) is 4.39 Å². The number of hydrogen-bond acceptors (Lipinski definition) is 6. The fourth-order valence-electron chi connectivity index (χ4n) is 3.48. The van der Waals surface area contributed by atoms with Crippen molar-refractivity contribution in [3.63, 3.8) is 0 Å². The molecule has 1 fully saturated rings. The Morgan fingerprint density at radius 3 is 2.75 bits per heavy atom. The molecule has 2 aromatic carbocycles. The molecule has 0 amide bonds. The first-order valence-corrected chi connectivity index (χ1v) is 9.40. The molecule has 0 radical (unpaired) electrons. The quantitative estimate of drug-likeness (QED) is 0.818.